The van der Waals surface area contributed by atoms with Crippen molar-refractivity contribution in [1.82, 2.24) is 14.6 Å². The van der Waals surface area contributed by atoms with Gasteiger partial charge in [0.05, 0.1) is 22.6 Å². The fraction of sp³-hybridized carbons (Fsp3) is 0.0500. The molecule has 0 bridgehead atoms. The van der Waals surface area contributed by atoms with Crippen LogP contribution in [0.3, 0.4) is 0 Å². The molecule has 13 heteroatoms. The minimum Gasteiger partial charge on any atom is -0.308 e. The second-order valence-electron chi connectivity index (χ2n) is 7.01. The van der Waals surface area contributed by atoms with E-state index in [2.05, 4.69) is 5.32 Å². The Hall–Kier alpha value is -3.55. The van der Waals surface area contributed by atoms with Crippen LogP contribution < -0.4 is 5.32 Å². The van der Waals surface area contributed by atoms with Gasteiger partial charge in [-0.05, 0) is 29.8 Å². The standard InChI is InChI=1S/C20H12ClF2N4O5P/c21-14-4-3-13-12(9-27(33(30,31)32)18(13)17(14)23)6-16-19(28)26(20(29)25-16)8-10-1-2-11(7-24)15(22)5-10/h1-6,9H,8H2,(H,25,29)(H2,30,31,32). The highest BCUT2D eigenvalue weighted by atomic mass is 35.5. The number of hydrogen-bond donors (Lipinski definition) is 3. The lowest BCUT2D eigenvalue weighted by Gasteiger charge is -2.12. The van der Waals surface area contributed by atoms with Crippen LogP contribution in [-0.2, 0) is 15.9 Å². The molecule has 0 spiro atoms. The van der Waals surface area contributed by atoms with Gasteiger partial charge in [0.2, 0.25) is 0 Å². The maximum atomic E-state index is 14.5. The number of benzene rings is 2. The molecule has 3 N–H and O–H groups in total. The van der Waals surface area contributed by atoms with Gasteiger partial charge in [0, 0.05) is 17.1 Å². The van der Waals surface area contributed by atoms with Crippen molar-refractivity contribution in [2.75, 3.05) is 0 Å². The van der Waals surface area contributed by atoms with Crippen molar-refractivity contribution in [3.05, 3.63) is 75.6 Å². The molecule has 0 atom stereocenters. The van der Waals surface area contributed by atoms with Crippen LogP contribution in [0, 0.1) is 23.0 Å². The number of halogens is 3. The summed E-state index contributed by atoms with van der Waals surface area (Å²) in [7, 11) is -4.98. The Morgan fingerprint density at radius 2 is 1.94 bits per heavy atom. The van der Waals surface area contributed by atoms with Crippen LogP contribution >= 0.6 is 19.3 Å². The molecule has 0 saturated carbocycles. The molecule has 2 heterocycles. The van der Waals surface area contributed by atoms with Crippen molar-refractivity contribution in [3.63, 3.8) is 0 Å². The molecule has 3 aromatic rings. The van der Waals surface area contributed by atoms with Crippen molar-refractivity contribution < 1.29 is 32.7 Å². The van der Waals surface area contributed by atoms with Crippen LogP contribution in [0.25, 0.3) is 17.0 Å². The second kappa shape index (κ2) is 8.10. The third-order valence-electron chi connectivity index (χ3n) is 4.91. The number of aromatic nitrogens is 1. The van der Waals surface area contributed by atoms with Gasteiger partial charge in [-0.15, -0.1) is 0 Å². The molecule has 1 aliphatic rings. The Morgan fingerprint density at radius 3 is 2.58 bits per heavy atom. The minimum absolute atomic E-state index is 0.0406. The van der Waals surface area contributed by atoms with E-state index in [4.69, 9.17) is 16.9 Å². The summed E-state index contributed by atoms with van der Waals surface area (Å²) >= 11 is 5.74. The predicted octanol–water partition coefficient (Wildman–Crippen LogP) is 3.48. The number of carbonyl (C=O) groups excluding carboxylic acids is 2. The van der Waals surface area contributed by atoms with Gasteiger partial charge in [-0.1, -0.05) is 23.7 Å². The zero-order valence-corrected chi connectivity index (χ0v) is 17.9. The molecule has 1 fully saturated rings. The molecule has 1 aliphatic heterocycles. The van der Waals surface area contributed by atoms with Crippen molar-refractivity contribution in [2.45, 2.75) is 6.54 Å². The van der Waals surface area contributed by atoms with Crippen LogP contribution in [0.4, 0.5) is 13.6 Å². The number of nitriles is 1. The number of hydrogen-bond acceptors (Lipinski definition) is 4. The zero-order valence-electron chi connectivity index (χ0n) is 16.3. The first-order valence-electron chi connectivity index (χ1n) is 9.09. The summed E-state index contributed by atoms with van der Waals surface area (Å²) in [6.45, 7) is -0.293. The fourth-order valence-electron chi connectivity index (χ4n) is 3.38. The average molecular weight is 493 g/mol. The normalized spacial score (nSPS) is 15.4. The summed E-state index contributed by atoms with van der Waals surface area (Å²) < 4.78 is 40.6. The number of rotatable bonds is 4. The van der Waals surface area contributed by atoms with E-state index in [1.807, 2.05) is 0 Å². The molecule has 168 valence electrons. The fourth-order valence-corrected chi connectivity index (χ4v) is 4.27. The molecular weight excluding hydrogens is 481 g/mol. The molecule has 3 amide bonds. The predicted molar refractivity (Wildman–Crippen MR) is 113 cm³/mol. The van der Waals surface area contributed by atoms with Crippen LogP contribution in [0.1, 0.15) is 16.7 Å². The number of amides is 3. The van der Waals surface area contributed by atoms with Gasteiger partial charge in [-0.2, -0.15) is 5.26 Å². The van der Waals surface area contributed by atoms with E-state index >= 15 is 0 Å². The minimum atomic E-state index is -4.98. The Balaban J connectivity index is 1.72. The Kier molecular flexibility index (Phi) is 5.56. The van der Waals surface area contributed by atoms with Gasteiger partial charge in [-0.25, -0.2) is 18.1 Å². The second-order valence-corrected chi connectivity index (χ2v) is 8.87. The SMILES string of the molecule is N#Cc1ccc(CN2C(=O)NC(=Cc3cn(P(=O)(O)O)c4c(F)c(Cl)ccc34)C2=O)cc1F. The maximum absolute atomic E-state index is 14.5. The number of imide groups is 1. The van der Waals surface area contributed by atoms with E-state index in [9.17, 15) is 32.7 Å². The summed E-state index contributed by atoms with van der Waals surface area (Å²) in [5.74, 6) is -2.66. The smallest absolute Gasteiger partial charge is 0.308 e. The van der Waals surface area contributed by atoms with E-state index in [1.165, 1.54) is 24.3 Å². The Morgan fingerprint density at radius 1 is 1.21 bits per heavy atom. The van der Waals surface area contributed by atoms with Crippen molar-refractivity contribution in [2.24, 2.45) is 0 Å². The van der Waals surface area contributed by atoms with Gasteiger partial charge in [-0.3, -0.25) is 14.0 Å². The summed E-state index contributed by atoms with van der Waals surface area (Å²) in [5.41, 5.74) is -0.603. The monoisotopic (exact) mass is 492 g/mol. The molecule has 0 unspecified atom stereocenters. The van der Waals surface area contributed by atoms with Crippen molar-refractivity contribution in [3.8, 4) is 6.07 Å². The number of nitrogens with zero attached hydrogens (tertiary/aromatic N) is 3. The van der Waals surface area contributed by atoms with Crippen LogP contribution in [0.15, 0.2) is 42.2 Å². The third kappa shape index (κ3) is 4.01. The molecule has 0 radical (unpaired) electrons. The van der Waals surface area contributed by atoms with Crippen molar-refractivity contribution >= 4 is 48.3 Å². The Labute approximate surface area is 189 Å². The van der Waals surface area contributed by atoms with Gasteiger partial charge >= 0.3 is 13.8 Å². The molecule has 0 aliphatic carbocycles. The van der Waals surface area contributed by atoms with Gasteiger partial charge < -0.3 is 15.1 Å². The molecule has 9 nitrogen and oxygen atoms in total. The van der Waals surface area contributed by atoms with Gasteiger partial charge in [0.25, 0.3) is 5.91 Å². The molecule has 33 heavy (non-hydrogen) atoms. The maximum Gasteiger partial charge on any atom is 0.434 e. The summed E-state index contributed by atoms with van der Waals surface area (Å²) in [6, 6.07) is 6.99. The van der Waals surface area contributed by atoms with E-state index in [-0.39, 0.29) is 39.3 Å². The quantitative estimate of drug-likeness (QED) is 0.290. The van der Waals surface area contributed by atoms with E-state index in [0.29, 0.717) is 4.34 Å². The average Bonchev–Trinajstić information content (AvgIpc) is 3.24. The number of fused-ring (bicyclic) bond motifs is 1. The highest BCUT2D eigenvalue weighted by molar-refractivity contribution is 7.50. The van der Waals surface area contributed by atoms with E-state index in [0.717, 1.165) is 23.2 Å². The first-order valence-corrected chi connectivity index (χ1v) is 11.0. The lowest BCUT2D eigenvalue weighted by molar-refractivity contribution is -0.123. The van der Waals surface area contributed by atoms with Crippen molar-refractivity contribution in [1.29, 1.82) is 5.26 Å². The van der Waals surface area contributed by atoms with Crippen LogP contribution in [0.2, 0.25) is 5.02 Å². The van der Waals surface area contributed by atoms with E-state index < -0.39 is 36.8 Å². The zero-order chi connectivity index (χ0) is 24.1. The summed E-state index contributed by atoms with van der Waals surface area (Å²) in [4.78, 5) is 45.0. The summed E-state index contributed by atoms with van der Waals surface area (Å²) in [5, 5.41) is 10.8. The lowest BCUT2D eigenvalue weighted by atomic mass is 10.1. The van der Waals surface area contributed by atoms with Gasteiger partial charge in [0.15, 0.2) is 5.82 Å². The van der Waals surface area contributed by atoms with Gasteiger partial charge in [0.1, 0.15) is 17.6 Å². The highest BCUT2D eigenvalue weighted by Crippen LogP contribution is 2.44. The molecule has 1 saturated heterocycles. The summed E-state index contributed by atoms with van der Waals surface area (Å²) in [6.07, 6.45) is 2.08. The molecule has 2 aromatic carbocycles. The largest absolute Gasteiger partial charge is 0.434 e. The lowest BCUT2D eigenvalue weighted by Crippen LogP contribution is -2.30. The van der Waals surface area contributed by atoms with Crippen LogP contribution in [-0.4, -0.2) is 31.0 Å². The molecular formula is C20H12ClF2N4O5P. The first-order chi connectivity index (χ1) is 15.5. The highest BCUT2D eigenvalue weighted by Gasteiger charge is 2.34. The number of urea groups is 1. The number of nitrogens with one attached hydrogen (secondary N) is 1. The van der Waals surface area contributed by atoms with Crippen LogP contribution in [0.5, 0.6) is 0 Å². The first kappa shape index (κ1) is 22.6. The molecule has 4 rings (SSSR count). The number of carbonyl (C=O) groups is 2. The Bertz CT molecular complexity index is 1470. The molecule has 1 aromatic heterocycles. The van der Waals surface area contributed by atoms with E-state index in [1.54, 1.807) is 6.07 Å². The topological polar surface area (TPSA) is 136 Å². The third-order valence-corrected chi connectivity index (χ3v) is 6.08.